The van der Waals surface area contributed by atoms with E-state index < -0.39 is 12.1 Å². The lowest BCUT2D eigenvalue weighted by atomic mass is 10.2. The number of aromatic nitrogens is 1. The Morgan fingerprint density at radius 1 is 1.48 bits per heavy atom. The average Bonchev–Trinajstić information content (AvgIpc) is 2.90. The molecule has 0 saturated carbocycles. The molecule has 0 aromatic carbocycles. The number of carboxylic acid groups (broad SMARTS) is 1. The smallest absolute Gasteiger partial charge is 0.317 e. The molecule has 21 heavy (non-hydrogen) atoms. The minimum atomic E-state index is -0.969. The quantitative estimate of drug-likeness (QED) is 0.809. The number of carboxylic acids is 1. The Kier molecular flexibility index (Phi) is 4.55. The van der Waals surface area contributed by atoms with Crippen LogP contribution in [0.1, 0.15) is 10.5 Å². The largest absolute Gasteiger partial charge is 0.480 e. The molecule has 2 atom stereocenters. The molecule has 1 amide bonds. The van der Waals surface area contributed by atoms with E-state index in [2.05, 4.69) is 0 Å². The van der Waals surface area contributed by atoms with Gasteiger partial charge >= 0.3 is 5.97 Å². The standard InChI is InChI=1S/C13H18ClN3O4/c1-15-4-8(14)3-9(15)13(21)17-5-10(11(18)6-17)16(2)7-12(19)20/h3-4,10-11,18H,5-7H2,1-2H3,(H,19,20)/t10-,11+/m0/s1. The number of aliphatic carboxylic acids is 1. The van der Waals surface area contributed by atoms with E-state index in [1.54, 1.807) is 30.9 Å². The van der Waals surface area contributed by atoms with Crippen LogP contribution in [-0.2, 0) is 11.8 Å². The predicted octanol–water partition coefficient (Wildman–Crippen LogP) is -0.120. The highest BCUT2D eigenvalue weighted by atomic mass is 35.5. The van der Waals surface area contributed by atoms with Crippen LogP contribution in [0.3, 0.4) is 0 Å². The first-order valence-electron chi connectivity index (χ1n) is 6.51. The van der Waals surface area contributed by atoms with Crippen LogP contribution in [0.2, 0.25) is 5.02 Å². The highest BCUT2D eigenvalue weighted by Gasteiger charge is 2.37. The van der Waals surface area contributed by atoms with Crippen molar-refractivity contribution in [2.75, 3.05) is 26.7 Å². The molecule has 8 heteroatoms. The van der Waals surface area contributed by atoms with Gasteiger partial charge in [0.15, 0.2) is 0 Å². The normalized spacial score (nSPS) is 22.0. The van der Waals surface area contributed by atoms with Crippen LogP contribution >= 0.6 is 11.6 Å². The maximum atomic E-state index is 12.4. The van der Waals surface area contributed by atoms with Crippen molar-refractivity contribution in [3.8, 4) is 0 Å². The summed E-state index contributed by atoms with van der Waals surface area (Å²) in [6, 6.07) is 1.19. The number of aliphatic hydroxyl groups is 1. The van der Waals surface area contributed by atoms with Gasteiger partial charge in [0.1, 0.15) is 5.69 Å². The van der Waals surface area contributed by atoms with Gasteiger partial charge in [0.05, 0.1) is 23.7 Å². The van der Waals surface area contributed by atoms with Gasteiger partial charge in [0.2, 0.25) is 0 Å². The monoisotopic (exact) mass is 315 g/mol. The van der Waals surface area contributed by atoms with Crippen LogP contribution in [0.4, 0.5) is 0 Å². The van der Waals surface area contributed by atoms with Crippen molar-refractivity contribution in [2.24, 2.45) is 7.05 Å². The topological polar surface area (TPSA) is 86.0 Å². The first-order chi connectivity index (χ1) is 9.79. The molecule has 7 nitrogen and oxygen atoms in total. The molecular weight excluding hydrogens is 298 g/mol. The van der Waals surface area contributed by atoms with E-state index in [4.69, 9.17) is 16.7 Å². The molecule has 116 valence electrons. The highest BCUT2D eigenvalue weighted by Crippen LogP contribution is 2.20. The zero-order chi connectivity index (χ0) is 15.7. The second-order valence-electron chi connectivity index (χ2n) is 5.31. The second kappa shape index (κ2) is 6.05. The maximum Gasteiger partial charge on any atom is 0.317 e. The third kappa shape index (κ3) is 3.37. The summed E-state index contributed by atoms with van der Waals surface area (Å²) in [5.41, 5.74) is 0.439. The summed E-state index contributed by atoms with van der Waals surface area (Å²) in [6.07, 6.45) is 0.865. The lowest BCUT2D eigenvalue weighted by molar-refractivity contribution is -0.138. The average molecular weight is 316 g/mol. The number of aliphatic hydroxyl groups excluding tert-OH is 1. The number of amides is 1. The van der Waals surface area contributed by atoms with E-state index in [-0.39, 0.29) is 31.6 Å². The van der Waals surface area contributed by atoms with Crippen molar-refractivity contribution in [3.63, 3.8) is 0 Å². The summed E-state index contributed by atoms with van der Waals surface area (Å²) in [4.78, 5) is 26.2. The van der Waals surface area contributed by atoms with Gasteiger partial charge in [-0.05, 0) is 13.1 Å². The zero-order valence-electron chi connectivity index (χ0n) is 11.9. The first kappa shape index (κ1) is 15.8. The van der Waals surface area contributed by atoms with Crippen molar-refractivity contribution in [2.45, 2.75) is 12.1 Å². The number of likely N-dealkylation sites (N-methyl/N-ethyl adjacent to an activating group) is 1. The van der Waals surface area contributed by atoms with E-state index in [1.807, 2.05) is 0 Å². The molecule has 1 aromatic heterocycles. The Bertz CT molecular complexity index is 560. The molecule has 1 aromatic rings. The molecular formula is C13H18ClN3O4. The SMILES string of the molecule is CN(CC(=O)O)[C@H]1CN(C(=O)c2cc(Cl)cn2C)C[C@H]1O. The van der Waals surface area contributed by atoms with Crippen LogP contribution in [0, 0.1) is 0 Å². The lowest BCUT2D eigenvalue weighted by Gasteiger charge is -2.24. The van der Waals surface area contributed by atoms with Crippen LogP contribution < -0.4 is 0 Å². The number of hydrogen-bond donors (Lipinski definition) is 2. The predicted molar refractivity (Wildman–Crippen MR) is 76.4 cm³/mol. The first-order valence-corrected chi connectivity index (χ1v) is 6.88. The van der Waals surface area contributed by atoms with E-state index in [0.29, 0.717) is 10.7 Å². The molecule has 0 spiro atoms. The number of β-amino-alcohol motifs (C(OH)–C–C–N with tert-alkyl or cyclic N) is 1. The third-order valence-corrected chi connectivity index (χ3v) is 3.89. The van der Waals surface area contributed by atoms with E-state index in [0.717, 1.165) is 0 Å². The third-order valence-electron chi connectivity index (χ3n) is 3.69. The Labute approximate surface area is 127 Å². The van der Waals surface area contributed by atoms with Crippen LogP contribution in [-0.4, -0.2) is 75.3 Å². The van der Waals surface area contributed by atoms with Crippen molar-refractivity contribution in [1.29, 1.82) is 0 Å². The Morgan fingerprint density at radius 3 is 2.67 bits per heavy atom. The molecule has 2 N–H and O–H groups in total. The Hall–Kier alpha value is -1.57. The fraction of sp³-hybridized carbons (Fsp3) is 0.538. The van der Waals surface area contributed by atoms with Crippen LogP contribution in [0.5, 0.6) is 0 Å². The van der Waals surface area contributed by atoms with Gasteiger partial charge in [-0.25, -0.2) is 0 Å². The van der Waals surface area contributed by atoms with Crippen LogP contribution in [0.15, 0.2) is 12.3 Å². The molecule has 2 rings (SSSR count). The van der Waals surface area contributed by atoms with Gasteiger partial charge in [-0.15, -0.1) is 0 Å². The minimum Gasteiger partial charge on any atom is -0.480 e. The van der Waals surface area contributed by atoms with Crippen molar-refractivity contribution in [3.05, 3.63) is 23.0 Å². The number of rotatable bonds is 4. The number of nitrogens with zero attached hydrogens (tertiary/aromatic N) is 3. The van der Waals surface area contributed by atoms with Crippen molar-refractivity contribution in [1.82, 2.24) is 14.4 Å². The molecule has 0 bridgehead atoms. The maximum absolute atomic E-state index is 12.4. The molecule has 0 aliphatic carbocycles. The Morgan fingerprint density at radius 2 is 2.14 bits per heavy atom. The van der Waals surface area contributed by atoms with Gasteiger partial charge < -0.3 is 19.7 Å². The molecule has 1 fully saturated rings. The molecule has 0 unspecified atom stereocenters. The molecule has 1 saturated heterocycles. The van der Waals surface area contributed by atoms with Gasteiger partial charge in [-0.1, -0.05) is 11.6 Å². The number of aryl methyl sites for hydroxylation is 1. The van der Waals surface area contributed by atoms with E-state index in [9.17, 15) is 14.7 Å². The van der Waals surface area contributed by atoms with E-state index >= 15 is 0 Å². The number of halogens is 1. The summed E-state index contributed by atoms with van der Waals surface area (Å²) in [5, 5.41) is 19.3. The molecule has 1 aliphatic rings. The zero-order valence-corrected chi connectivity index (χ0v) is 12.6. The van der Waals surface area contributed by atoms with Crippen molar-refractivity contribution < 1.29 is 19.8 Å². The fourth-order valence-corrected chi connectivity index (χ4v) is 2.85. The lowest BCUT2D eigenvalue weighted by Crippen LogP contribution is -2.43. The molecule has 0 radical (unpaired) electrons. The van der Waals surface area contributed by atoms with Crippen molar-refractivity contribution >= 4 is 23.5 Å². The van der Waals surface area contributed by atoms with Crippen LogP contribution in [0.25, 0.3) is 0 Å². The minimum absolute atomic E-state index is 0.177. The van der Waals surface area contributed by atoms with Gasteiger partial charge in [-0.3, -0.25) is 14.5 Å². The number of carbonyl (C=O) groups excluding carboxylic acids is 1. The number of carbonyl (C=O) groups is 2. The summed E-state index contributed by atoms with van der Waals surface area (Å²) in [6.45, 7) is 0.280. The summed E-state index contributed by atoms with van der Waals surface area (Å²) < 4.78 is 1.63. The second-order valence-corrected chi connectivity index (χ2v) is 5.74. The van der Waals surface area contributed by atoms with Gasteiger partial charge in [-0.2, -0.15) is 0 Å². The number of likely N-dealkylation sites (tertiary alicyclic amines) is 1. The Balaban J connectivity index is 2.08. The highest BCUT2D eigenvalue weighted by molar-refractivity contribution is 6.31. The summed E-state index contributed by atoms with van der Waals surface area (Å²) in [5.74, 6) is -1.20. The van der Waals surface area contributed by atoms with E-state index in [1.165, 1.54) is 9.80 Å². The summed E-state index contributed by atoms with van der Waals surface area (Å²) in [7, 11) is 3.34. The summed E-state index contributed by atoms with van der Waals surface area (Å²) >= 11 is 5.87. The molecule has 2 heterocycles. The number of hydrogen-bond acceptors (Lipinski definition) is 4. The van der Waals surface area contributed by atoms with Gasteiger partial charge in [0, 0.05) is 26.3 Å². The fourth-order valence-electron chi connectivity index (χ4n) is 2.60. The molecule has 1 aliphatic heterocycles. The van der Waals surface area contributed by atoms with Gasteiger partial charge in [0.25, 0.3) is 5.91 Å².